The molecule has 6 N–H and O–H groups in total. The number of aliphatic hydroxyl groups is 4. The number of ether oxygens (including phenoxy) is 7. The van der Waals surface area contributed by atoms with Crippen LogP contribution in [-0.4, -0.2) is 161 Å². The molecule has 5 rings (SSSR count). The van der Waals surface area contributed by atoms with E-state index in [4.69, 9.17) is 33.2 Å². The number of amidine groups is 1. The average Bonchev–Trinajstić information content (AvgIpc) is 3.55. The zero-order valence-corrected chi connectivity index (χ0v) is 40.4. The number of halogens is 1. The molecule has 0 amide bonds. The van der Waals surface area contributed by atoms with E-state index in [-0.39, 0.29) is 49.7 Å². The number of cyclic esters (lactones) is 1. The fraction of sp³-hybridized carbons (Fsp3) is 0.830. The Morgan fingerprint density at radius 2 is 1.66 bits per heavy atom. The van der Waals surface area contributed by atoms with Crippen molar-refractivity contribution in [3.05, 3.63) is 30.1 Å². The number of rotatable bonds is 11. The predicted octanol–water partition coefficient (Wildman–Crippen LogP) is 4.16. The Bertz CT molecular complexity index is 1710. The van der Waals surface area contributed by atoms with Gasteiger partial charge in [0, 0.05) is 39.1 Å². The van der Waals surface area contributed by atoms with Gasteiger partial charge < -0.3 is 69.1 Å². The molecule has 18 atom stereocenters. The van der Waals surface area contributed by atoms with E-state index in [1.807, 2.05) is 46.6 Å². The van der Waals surface area contributed by atoms with Crippen molar-refractivity contribution in [2.24, 2.45) is 22.7 Å². The van der Waals surface area contributed by atoms with E-state index in [0.29, 0.717) is 31.2 Å². The monoisotopic (exact) mass is 911 g/mol. The smallest absolute Gasteiger partial charge is 0.311 e. The van der Waals surface area contributed by atoms with Gasteiger partial charge in [0.25, 0.3) is 6.02 Å². The third-order valence-corrected chi connectivity index (χ3v) is 14.4. The zero-order valence-electron chi connectivity index (χ0n) is 40.4. The molecule has 4 aliphatic heterocycles. The number of nitrogens with one attached hydrogen (secondary N) is 2. The van der Waals surface area contributed by atoms with E-state index in [2.05, 4.69) is 15.6 Å². The molecule has 0 radical (unpaired) electrons. The predicted molar refractivity (Wildman–Crippen MR) is 238 cm³/mol. The van der Waals surface area contributed by atoms with Crippen LogP contribution in [0.4, 0.5) is 10.1 Å². The minimum absolute atomic E-state index is 0.0769. The van der Waals surface area contributed by atoms with Crippen LogP contribution in [0, 0.1) is 23.6 Å². The molecule has 4 fully saturated rings. The number of carbonyl (C=O) groups excluding carboxylic acids is 1. The van der Waals surface area contributed by atoms with Crippen molar-refractivity contribution in [1.82, 2.24) is 15.5 Å². The number of nitrogens with zero attached hydrogens (tertiary/aromatic N) is 2. The summed E-state index contributed by atoms with van der Waals surface area (Å²) in [5.41, 5.74) is -5.55. The van der Waals surface area contributed by atoms with Crippen LogP contribution in [0.3, 0.4) is 0 Å². The summed E-state index contributed by atoms with van der Waals surface area (Å²) in [6.45, 7) is 20.9. The molecule has 366 valence electrons. The van der Waals surface area contributed by atoms with Crippen molar-refractivity contribution in [1.29, 1.82) is 0 Å². The van der Waals surface area contributed by atoms with Crippen LogP contribution in [0.2, 0.25) is 0 Å². The first-order valence-corrected chi connectivity index (χ1v) is 23.3. The second-order valence-corrected chi connectivity index (χ2v) is 19.8. The molecule has 0 aromatic heterocycles. The molecule has 0 bridgehead atoms. The standard InChI is InChI=1S/C47H79FN4O12/c1-14-20-49-25-47(57)31(8)60-36(23-45(47,10)58-13)62-37-28(5)40(64-42-38-34(21-27(4)59-42)52(12)43(63-38)51-33-18-16-32(48)17-19-33)44(9,55)22-26(3)24-50-30(7)39(53)46(11,56)35(15-2)61-41(54)29(37)6/h16-19,26-31,34-40,42,49-50,53,55-57H,14-15,20-25H2,1-13H3/t26-,27-,28+,29-,30-,31+,34+,35-,36+,37+,38-,39-,40-,42+,44-,45-,46-,47+/m1/s1. The van der Waals surface area contributed by atoms with E-state index in [9.17, 15) is 29.6 Å². The number of carbonyl (C=O) groups is 1. The van der Waals surface area contributed by atoms with Gasteiger partial charge in [-0.05, 0) is 117 Å². The number of methoxy groups -OCH3 is 1. The topological polar surface area (TPSA) is 202 Å². The van der Waals surface area contributed by atoms with Crippen LogP contribution in [0.5, 0.6) is 0 Å². The number of esters is 1. The fourth-order valence-corrected chi connectivity index (χ4v) is 10.3. The highest BCUT2D eigenvalue weighted by Crippen LogP contribution is 2.44. The molecule has 0 spiro atoms. The highest BCUT2D eigenvalue weighted by molar-refractivity contribution is 5.79. The summed E-state index contributed by atoms with van der Waals surface area (Å²) in [6.07, 6.45) is -6.47. The van der Waals surface area contributed by atoms with Gasteiger partial charge in [-0.25, -0.2) is 4.39 Å². The quantitative estimate of drug-likeness (QED) is 0.136. The lowest BCUT2D eigenvalue weighted by molar-refractivity contribution is -0.335. The molecule has 4 saturated heterocycles. The maximum absolute atomic E-state index is 14.5. The van der Waals surface area contributed by atoms with Crippen molar-refractivity contribution in [2.75, 3.05) is 33.8 Å². The van der Waals surface area contributed by atoms with Crippen molar-refractivity contribution in [3.8, 4) is 0 Å². The summed E-state index contributed by atoms with van der Waals surface area (Å²) < 4.78 is 59.4. The number of aliphatic imine (C=N–C) groups is 1. The van der Waals surface area contributed by atoms with E-state index < -0.39 is 95.5 Å². The lowest BCUT2D eigenvalue weighted by atomic mass is 9.75. The second-order valence-electron chi connectivity index (χ2n) is 19.8. The van der Waals surface area contributed by atoms with Crippen molar-refractivity contribution >= 4 is 17.7 Å². The van der Waals surface area contributed by atoms with Crippen LogP contribution in [-0.2, 0) is 38.0 Å². The Kier molecular flexibility index (Phi) is 17.3. The third-order valence-electron chi connectivity index (χ3n) is 14.4. The molecule has 16 nitrogen and oxygen atoms in total. The van der Waals surface area contributed by atoms with Crippen molar-refractivity contribution in [3.63, 3.8) is 0 Å². The number of likely N-dealkylation sites (N-methyl/N-ethyl adjacent to an activating group) is 1. The first kappa shape index (κ1) is 52.4. The summed E-state index contributed by atoms with van der Waals surface area (Å²) in [6, 6.07) is 5.24. The number of benzene rings is 1. The summed E-state index contributed by atoms with van der Waals surface area (Å²) in [4.78, 5) is 21.1. The molecule has 0 aliphatic carbocycles. The van der Waals surface area contributed by atoms with Crippen molar-refractivity contribution < 1.29 is 62.8 Å². The molecule has 17 heteroatoms. The summed E-state index contributed by atoms with van der Waals surface area (Å²) in [5, 5.41) is 54.9. The normalized spacial score (nSPS) is 44.7. The Balaban J connectivity index is 1.57. The van der Waals surface area contributed by atoms with Gasteiger partial charge >= 0.3 is 5.97 Å². The maximum atomic E-state index is 14.5. The molecule has 4 aliphatic rings. The molecule has 0 saturated carbocycles. The Morgan fingerprint density at radius 1 is 0.984 bits per heavy atom. The first-order valence-electron chi connectivity index (χ1n) is 23.3. The fourth-order valence-electron chi connectivity index (χ4n) is 10.3. The Hall–Kier alpha value is -2.55. The van der Waals surface area contributed by atoms with Gasteiger partial charge in [-0.2, -0.15) is 4.99 Å². The molecular formula is C47H79FN4O12. The van der Waals surface area contributed by atoms with Crippen LogP contribution < -0.4 is 10.6 Å². The second kappa shape index (κ2) is 21.2. The van der Waals surface area contributed by atoms with Crippen LogP contribution in [0.15, 0.2) is 29.3 Å². The number of hydrogen-bond acceptors (Lipinski definition) is 15. The van der Waals surface area contributed by atoms with Gasteiger partial charge in [0.2, 0.25) is 0 Å². The molecule has 64 heavy (non-hydrogen) atoms. The lowest BCUT2D eigenvalue weighted by Crippen LogP contribution is -2.70. The largest absolute Gasteiger partial charge is 0.459 e. The molecule has 4 heterocycles. The van der Waals surface area contributed by atoms with Gasteiger partial charge in [0.1, 0.15) is 34.8 Å². The maximum Gasteiger partial charge on any atom is 0.311 e. The number of fused-ring (bicyclic) bond motifs is 1. The van der Waals surface area contributed by atoms with E-state index in [0.717, 1.165) is 6.42 Å². The van der Waals surface area contributed by atoms with Gasteiger partial charge in [0.15, 0.2) is 18.7 Å². The minimum atomic E-state index is -1.84. The number of hydrogen-bond donors (Lipinski definition) is 6. The van der Waals surface area contributed by atoms with Gasteiger partial charge in [0.05, 0.1) is 47.7 Å². The summed E-state index contributed by atoms with van der Waals surface area (Å²) >= 11 is 0. The summed E-state index contributed by atoms with van der Waals surface area (Å²) in [7, 11) is 3.40. The first-order chi connectivity index (χ1) is 29.9. The van der Waals surface area contributed by atoms with E-state index >= 15 is 0 Å². The van der Waals surface area contributed by atoms with Crippen LogP contribution in [0.25, 0.3) is 0 Å². The zero-order chi connectivity index (χ0) is 47.5. The molecule has 1 aromatic carbocycles. The number of aliphatic hydroxyl groups excluding tert-OH is 1. The van der Waals surface area contributed by atoms with Crippen LogP contribution >= 0.6 is 0 Å². The van der Waals surface area contributed by atoms with E-state index in [1.165, 1.54) is 26.2 Å². The Labute approximate surface area is 379 Å². The van der Waals surface area contributed by atoms with Gasteiger partial charge in [-0.1, -0.05) is 27.7 Å². The highest BCUT2D eigenvalue weighted by atomic mass is 19.1. The molecular weight excluding hydrogens is 832 g/mol. The Morgan fingerprint density at radius 3 is 2.28 bits per heavy atom. The highest BCUT2D eigenvalue weighted by Gasteiger charge is 2.59. The minimum Gasteiger partial charge on any atom is -0.459 e. The van der Waals surface area contributed by atoms with E-state index in [1.54, 1.807) is 46.8 Å². The molecule has 0 unspecified atom stereocenters. The van der Waals surface area contributed by atoms with Crippen LogP contribution in [0.1, 0.15) is 108 Å². The van der Waals surface area contributed by atoms with Gasteiger partial charge in [-0.15, -0.1) is 0 Å². The third kappa shape index (κ3) is 11.2. The SMILES string of the molecule is CCCNC[C@]1(O)[C@H](C)O[C@@H](O[C@H]2[C@H](C)[C@@H](O[C@@H]3O[C@H](C)C[C@H]4[C@H]3OC(=Nc3ccc(F)cc3)N4C)[C@](C)(O)C[C@@H](C)CN[C@H](C)[C@@H](O)[C@](C)(O)[C@@H](CC)OC(=O)[C@@H]2C)C[C@@]1(C)OC. The van der Waals surface area contributed by atoms with Gasteiger partial charge in [-0.3, -0.25) is 4.79 Å². The summed E-state index contributed by atoms with van der Waals surface area (Å²) in [5.74, 6) is -3.13. The lowest BCUT2D eigenvalue weighted by Gasteiger charge is -2.53. The molecule has 1 aromatic rings. The van der Waals surface area contributed by atoms with Crippen molar-refractivity contribution in [2.45, 2.75) is 198 Å². The average molecular weight is 911 g/mol.